The number of aromatic nitrogens is 5. The number of fused-ring (bicyclic) bond motifs is 1. The molecule has 1 aliphatic heterocycles. The van der Waals surface area contributed by atoms with E-state index in [0.29, 0.717) is 5.65 Å². The quantitative estimate of drug-likeness (QED) is 0.694. The predicted molar refractivity (Wildman–Crippen MR) is 105 cm³/mol. The molecule has 146 valence electrons. The lowest BCUT2D eigenvalue weighted by atomic mass is 10.1. The molecule has 1 saturated heterocycles. The van der Waals surface area contributed by atoms with Crippen molar-refractivity contribution >= 4 is 17.1 Å². The molecule has 4 rings (SSSR count). The molecule has 2 aromatic heterocycles. The van der Waals surface area contributed by atoms with Gasteiger partial charge in [0.2, 0.25) is 5.91 Å². The molecule has 1 amide bonds. The van der Waals surface area contributed by atoms with Gasteiger partial charge in [-0.05, 0) is 49.9 Å². The first-order valence-corrected chi connectivity index (χ1v) is 9.71. The zero-order chi connectivity index (χ0) is 19.7. The number of likely N-dealkylation sites (tertiary alicyclic amines) is 1. The van der Waals surface area contributed by atoms with Crippen molar-refractivity contribution in [2.75, 3.05) is 13.1 Å². The molecule has 0 atom stereocenters. The summed E-state index contributed by atoms with van der Waals surface area (Å²) in [7, 11) is 0. The largest absolute Gasteiger partial charge is 0.341 e. The molecule has 0 radical (unpaired) electrons. The number of amides is 1. The third-order valence-corrected chi connectivity index (χ3v) is 5.43. The Morgan fingerprint density at radius 2 is 1.82 bits per heavy atom. The molecule has 0 spiro atoms. The van der Waals surface area contributed by atoms with Crippen LogP contribution in [0.3, 0.4) is 0 Å². The van der Waals surface area contributed by atoms with Crippen molar-refractivity contribution in [3.05, 3.63) is 46.0 Å². The van der Waals surface area contributed by atoms with Crippen LogP contribution in [0.1, 0.15) is 36.8 Å². The summed E-state index contributed by atoms with van der Waals surface area (Å²) in [6.07, 6.45) is 5.75. The van der Waals surface area contributed by atoms with Crippen LogP contribution in [0, 0.1) is 13.8 Å². The summed E-state index contributed by atoms with van der Waals surface area (Å²) in [6.45, 7) is 5.56. The van der Waals surface area contributed by atoms with Gasteiger partial charge >= 0.3 is 0 Å². The van der Waals surface area contributed by atoms with Gasteiger partial charge in [0.25, 0.3) is 5.56 Å². The van der Waals surface area contributed by atoms with Crippen LogP contribution in [0.4, 0.5) is 0 Å². The lowest BCUT2D eigenvalue weighted by molar-refractivity contribution is -0.131. The van der Waals surface area contributed by atoms with E-state index in [4.69, 9.17) is 0 Å². The molecule has 1 fully saturated rings. The molecule has 1 aliphatic rings. The van der Waals surface area contributed by atoms with Gasteiger partial charge < -0.3 is 4.90 Å². The molecule has 0 bridgehead atoms. The topological polar surface area (TPSA) is 85.9 Å². The zero-order valence-corrected chi connectivity index (χ0v) is 16.3. The van der Waals surface area contributed by atoms with Gasteiger partial charge in [-0.2, -0.15) is 4.68 Å². The van der Waals surface area contributed by atoms with Gasteiger partial charge in [-0.3, -0.25) is 14.2 Å². The number of hydrogen-bond donors (Lipinski definition) is 0. The minimum absolute atomic E-state index is 0.0156. The highest BCUT2D eigenvalue weighted by Gasteiger charge is 2.19. The molecule has 0 unspecified atom stereocenters. The second-order valence-corrected chi connectivity index (χ2v) is 7.41. The normalized spacial score (nSPS) is 15.0. The van der Waals surface area contributed by atoms with Crippen LogP contribution < -0.4 is 5.56 Å². The number of nitrogens with zero attached hydrogens (tertiary/aromatic N) is 6. The second kappa shape index (κ2) is 7.53. The first kappa shape index (κ1) is 18.3. The smallest absolute Gasteiger partial charge is 0.284 e. The third-order valence-electron chi connectivity index (χ3n) is 5.43. The molecule has 3 heterocycles. The Kier molecular flexibility index (Phi) is 4.93. The fourth-order valence-corrected chi connectivity index (χ4v) is 3.55. The minimum Gasteiger partial charge on any atom is -0.341 e. The van der Waals surface area contributed by atoms with Gasteiger partial charge in [0.15, 0.2) is 11.2 Å². The first-order chi connectivity index (χ1) is 13.5. The molecule has 8 nitrogen and oxygen atoms in total. The maximum absolute atomic E-state index is 12.8. The summed E-state index contributed by atoms with van der Waals surface area (Å²) in [5, 5.41) is 8.15. The summed E-state index contributed by atoms with van der Waals surface area (Å²) >= 11 is 0. The Labute approximate surface area is 162 Å². The highest BCUT2D eigenvalue weighted by molar-refractivity contribution is 5.77. The number of rotatable bonds is 3. The van der Waals surface area contributed by atoms with E-state index in [2.05, 4.69) is 15.3 Å². The van der Waals surface area contributed by atoms with Crippen molar-refractivity contribution in [1.29, 1.82) is 0 Å². The average Bonchev–Trinajstić information content (AvgIpc) is 2.93. The molecular formula is C20H24N6O2. The maximum Gasteiger partial charge on any atom is 0.284 e. The molecule has 0 saturated carbocycles. The molecule has 0 aliphatic carbocycles. The third kappa shape index (κ3) is 3.42. The van der Waals surface area contributed by atoms with E-state index < -0.39 is 0 Å². The molecule has 28 heavy (non-hydrogen) atoms. The molecule has 8 heteroatoms. The summed E-state index contributed by atoms with van der Waals surface area (Å²) in [4.78, 5) is 31.6. The predicted octanol–water partition coefficient (Wildman–Crippen LogP) is 2.00. The fourth-order valence-electron chi connectivity index (χ4n) is 3.55. The number of carbonyl (C=O) groups excluding carboxylic acids is 1. The lowest BCUT2D eigenvalue weighted by Crippen LogP contribution is -2.37. The SMILES string of the molecule is Cc1ccc(-n2nnc3c(=O)n(CC(=O)N4CCCCCC4)cnc32)cc1C. The molecule has 0 N–H and O–H groups in total. The first-order valence-electron chi connectivity index (χ1n) is 9.71. The number of hydrogen-bond acceptors (Lipinski definition) is 5. The van der Waals surface area contributed by atoms with Gasteiger partial charge in [0.1, 0.15) is 12.9 Å². The van der Waals surface area contributed by atoms with Crippen LogP contribution in [0.25, 0.3) is 16.9 Å². The van der Waals surface area contributed by atoms with Crippen molar-refractivity contribution in [3.63, 3.8) is 0 Å². The van der Waals surface area contributed by atoms with Crippen molar-refractivity contribution in [1.82, 2.24) is 29.4 Å². The van der Waals surface area contributed by atoms with Gasteiger partial charge in [0, 0.05) is 13.1 Å². The van der Waals surface area contributed by atoms with Gasteiger partial charge in [-0.25, -0.2) is 4.98 Å². The average molecular weight is 380 g/mol. The Morgan fingerprint density at radius 3 is 2.54 bits per heavy atom. The summed E-state index contributed by atoms with van der Waals surface area (Å²) in [5.74, 6) is -0.0494. The van der Waals surface area contributed by atoms with Crippen molar-refractivity contribution < 1.29 is 4.79 Å². The van der Waals surface area contributed by atoms with E-state index in [-0.39, 0.29) is 23.5 Å². The van der Waals surface area contributed by atoms with Crippen LogP contribution in [0.15, 0.2) is 29.3 Å². The van der Waals surface area contributed by atoms with E-state index in [9.17, 15) is 9.59 Å². The Hall–Kier alpha value is -3.03. The number of aryl methyl sites for hydroxylation is 2. The Bertz CT molecular complexity index is 1080. The highest BCUT2D eigenvalue weighted by atomic mass is 16.2. The van der Waals surface area contributed by atoms with Crippen LogP contribution in [0.2, 0.25) is 0 Å². The van der Waals surface area contributed by atoms with E-state index in [1.807, 2.05) is 36.9 Å². The van der Waals surface area contributed by atoms with E-state index in [0.717, 1.165) is 50.0 Å². The summed E-state index contributed by atoms with van der Waals surface area (Å²) in [6, 6.07) is 5.91. The zero-order valence-electron chi connectivity index (χ0n) is 16.3. The van der Waals surface area contributed by atoms with Gasteiger partial charge in [-0.1, -0.05) is 24.1 Å². The lowest BCUT2D eigenvalue weighted by Gasteiger charge is -2.20. The van der Waals surface area contributed by atoms with E-state index in [1.165, 1.54) is 16.5 Å². The van der Waals surface area contributed by atoms with E-state index >= 15 is 0 Å². The van der Waals surface area contributed by atoms with Crippen LogP contribution in [0.5, 0.6) is 0 Å². The fraction of sp³-hybridized carbons (Fsp3) is 0.450. The number of benzene rings is 1. The van der Waals surface area contributed by atoms with Crippen molar-refractivity contribution in [3.8, 4) is 5.69 Å². The number of carbonyl (C=O) groups is 1. The second-order valence-electron chi connectivity index (χ2n) is 7.41. The van der Waals surface area contributed by atoms with Gasteiger partial charge in [-0.15, -0.1) is 5.10 Å². The molecular weight excluding hydrogens is 356 g/mol. The maximum atomic E-state index is 12.8. The molecule has 1 aromatic carbocycles. The van der Waals surface area contributed by atoms with Gasteiger partial charge in [0.05, 0.1) is 5.69 Å². The standard InChI is InChI=1S/C20H24N6O2/c1-14-7-8-16(11-15(14)2)26-19-18(22-23-26)20(28)25(13-21-19)12-17(27)24-9-5-3-4-6-10-24/h7-8,11,13H,3-6,9-10,12H2,1-2H3. The Morgan fingerprint density at radius 1 is 1.07 bits per heavy atom. The van der Waals surface area contributed by atoms with E-state index in [1.54, 1.807) is 4.68 Å². The monoisotopic (exact) mass is 380 g/mol. The van der Waals surface area contributed by atoms with Crippen molar-refractivity contribution in [2.24, 2.45) is 0 Å². The summed E-state index contributed by atoms with van der Waals surface area (Å²) < 4.78 is 2.89. The highest BCUT2D eigenvalue weighted by Crippen LogP contribution is 2.16. The van der Waals surface area contributed by atoms with Crippen molar-refractivity contribution in [2.45, 2.75) is 46.1 Å². The molecule has 3 aromatic rings. The minimum atomic E-state index is -0.344. The van der Waals surface area contributed by atoms with Crippen LogP contribution >= 0.6 is 0 Å². The van der Waals surface area contributed by atoms with Crippen LogP contribution in [-0.2, 0) is 11.3 Å². The Balaban J connectivity index is 1.64. The van der Waals surface area contributed by atoms with Crippen LogP contribution in [-0.4, -0.2) is 48.4 Å². The summed E-state index contributed by atoms with van der Waals surface area (Å²) in [5.41, 5.74) is 3.32.